The Kier molecular flexibility index (Phi) is 7.58. The lowest BCUT2D eigenvalue weighted by molar-refractivity contribution is 0.102. The number of carbonyl (C=O) groups excluding carboxylic acids is 1. The number of anilines is 1. The summed E-state index contributed by atoms with van der Waals surface area (Å²) in [6, 6.07) is 24.6. The number of nitrogens with zero attached hydrogens (tertiary/aromatic N) is 3. The number of nitrogen functional groups attached to an aromatic ring is 1. The molecule has 4 N–H and O–H groups in total. The number of ether oxygens (including phenoxy) is 1. The first kappa shape index (κ1) is 25.1. The van der Waals surface area contributed by atoms with E-state index in [9.17, 15) is 25.5 Å². The number of Topliss-reactive ketones (excluding diaryl/α,β-unsaturated/α-hetero) is 1. The predicted octanol–water partition coefficient (Wildman–Crippen LogP) is 5.04. The van der Waals surface area contributed by atoms with E-state index in [1.165, 1.54) is 12.1 Å². The number of hydrogen-bond acceptors (Lipinski definition) is 9. The first-order chi connectivity index (χ1) is 17.9. The normalized spacial score (nSPS) is 10.3. The zero-order chi connectivity index (χ0) is 26.4. The number of carbonyl (C=O) groups is 1. The second-order valence-electron chi connectivity index (χ2n) is 7.86. The van der Waals surface area contributed by atoms with Gasteiger partial charge in [-0.2, -0.15) is 10.5 Å². The van der Waals surface area contributed by atoms with E-state index in [4.69, 9.17) is 10.5 Å². The van der Waals surface area contributed by atoms with E-state index in [0.717, 1.165) is 23.4 Å². The lowest BCUT2D eigenvalue weighted by atomic mass is 9.97. The molecule has 182 valence electrons. The summed E-state index contributed by atoms with van der Waals surface area (Å²) >= 11 is 0.994. The minimum Gasteiger partial charge on any atom is -0.504 e. The van der Waals surface area contributed by atoms with Crippen LogP contribution in [0.3, 0.4) is 0 Å². The van der Waals surface area contributed by atoms with Gasteiger partial charge in [0.2, 0.25) is 0 Å². The number of nitriles is 2. The first-order valence-corrected chi connectivity index (χ1v) is 12.0. The zero-order valence-electron chi connectivity index (χ0n) is 19.4. The summed E-state index contributed by atoms with van der Waals surface area (Å²) in [6.07, 6.45) is 0. The van der Waals surface area contributed by atoms with Crippen LogP contribution < -0.4 is 10.5 Å². The second-order valence-corrected chi connectivity index (χ2v) is 8.83. The molecule has 3 aromatic carbocycles. The fourth-order valence-corrected chi connectivity index (χ4v) is 4.45. The Morgan fingerprint density at radius 2 is 1.65 bits per heavy atom. The second kappa shape index (κ2) is 11.2. The highest BCUT2D eigenvalue weighted by Crippen LogP contribution is 2.36. The minimum absolute atomic E-state index is 0.0573. The summed E-state index contributed by atoms with van der Waals surface area (Å²) in [4.78, 5) is 16.8. The molecule has 0 aliphatic heterocycles. The van der Waals surface area contributed by atoms with Gasteiger partial charge in [0, 0.05) is 11.1 Å². The monoisotopic (exact) mass is 508 g/mol. The van der Waals surface area contributed by atoms with E-state index >= 15 is 0 Å². The van der Waals surface area contributed by atoms with Gasteiger partial charge in [-0.25, -0.2) is 4.98 Å². The third-order valence-electron chi connectivity index (χ3n) is 5.44. The molecule has 0 fully saturated rings. The van der Waals surface area contributed by atoms with Crippen LogP contribution in [0.25, 0.3) is 11.1 Å². The van der Waals surface area contributed by atoms with Crippen molar-refractivity contribution in [2.75, 3.05) is 11.5 Å². The molecule has 0 bridgehead atoms. The quantitative estimate of drug-likeness (QED) is 0.169. The maximum atomic E-state index is 12.6. The highest BCUT2D eigenvalue weighted by molar-refractivity contribution is 8.00. The molecule has 0 saturated carbocycles. The smallest absolute Gasteiger partial charge is 0.173 e. The summed E-state index contributed by atoms with van der Waals surface area (Å²) in [7, 11) is 0. The Balaban J connectivity index is 1.60. The topological polar surface area (TPSA) is 153 Å². The number of aromatic hydroxyl groups is 2. The molecule has 0 aliphatic rings. The number of pyridine rings is 1. The van der Waals surface area contributed by atoms with Crippen molar-refractivity contribution in [1.29, 1.82) is 10.5 Å². The number of ketones is 1. The summed E-state index contributed by atoms with van der Waals surface area (Å²) in [5.41, 5.74) is 8.35. The number of rotatable bonds is 8. The molecular formula is C28H20N4O4S. The number of phenolic OH excluding ortho intramolecular Hbond substituents is 2. The number of nitrogens with two attached hydrogens (primary N) is 1. The number of benzene rings is 3. The predicted molar refractivity (Wildman–Crippen MR) is 139 cm³/mol. The molecule has 8 nitrogen and oxygen atoms in total. The molecule has 0 spiro atoms. The Morgan fingerprint density at radius 3 is 2.30 bits per heavy atom. The molecule has 0 saturated heterocycles. The van der Waals surface area contributed by atoms with Crippen molar-refractivity contribution in [2.24, 2.45) is 0 Å². The molecule has 1 heterocycles. The molecule has 4 aromatic rings. The van der Waals surface area contributed by atoms with Gasteiger partial charge in [0.25, 0.3) is 0 Å². The molecule has 0 unspecified atom stereocenters. The number of hydrogen-bond donors (Lipinski definition) is 3. The highest BCUT2D eigenvalue weighted by atomic mass is 32.2. The van der Waals surface area contributed by atoms with Crippen molar-refractivity contribution in [3.63, 3.8) is 0 Å². The molecule has 0 radical (unpaired) electrons. The van der Waals surface area contributed by atoms with Crippen LogP contribution in [-0.4, -0.2) is 26.7 Å². The van der Waals surface area contributed by atoms with Crippen LogP contribution in [0.4, 0.5) is 5.82 Å². The van der Waals surface area contributed by atoms with Gasteiger partial charge >= 0.3 is 0 Å². The first-order valence-electron chi connectivity index (χ1n) is 11.0. The van der Waals surface area contributed by atoms with Crippen molar-refractivity contribution in [1.82, 2.24) is 4.98 Å². The van der Waals surface area contributed by atoms with Crippen LogP contribution in [-0.2, 0) is 6.61 Å². The van der Waals surface area contributed by atoms with Gasteiger partial charge in [0.05, 0.1) is 11.3 Å². The molecule has 0 atom stereocenters. The fourth-order valence-electron chi connectivity index (χ4n) is 3.56. The third-order valence-corrected chi connectivity index (χ3v) is 6.42. The van der Waals surface area contributed by atoms with Crippen LogP contribution in [0.5, 0.6) is 17.2 Å². The van der Waals surface area contributed by atoms with Crippen LogP contribution in [0, 0.1) is 22.7 Å². The fraction of sp³-hybridized carbons (Fsp3) is 0.0714. The average molecular weight is 509 g/mol. The lowest BCUT2D eigenvalue weighted by Gasteiger charge is -2.13. The van der Waals surface area contributed by atoms with Gasteiger partial charge in [-0.05, 0) is 41.5 Å². The molecule has 4 rings (SSSR count). The number of phenols is 2. The SMILES string of the molecule is N#Cc1c(N)nc(SCC(=O)c2ccc(O)c(O)c2)c(C#N)c1-c1ccc(OCc2ccccc2)cc1. The number of aromatic nitrogens is 1. The Bertz CT molecular complexity index is 1540. The Hall–Kier alpha value is -4.99. The standard InChI is InChI=1S/C28H20N4O4S/c29-13-21-26(18-6-9-20(10-7-18)36-15-17-4-2-1-3-5-17)22(14-30)28(32-27(21)31)37-16-25(35)19-8-11-23(33)24(34)12-19/h1-12,33-34H,15-16H2,(H2,31,32). The van der Waals surface area contributed by atoms with E-state index in [2.05, 4.69) is 11.1 Å². The van der Waals surface area contributed by atoms with Gasteiger partial charge in [-0.3, -0.25) is 4.79 Å². The maximum absolute atomic E-state index is 12.6. The summed E-state index contributed by atoms with van der Waals surface area (Å²) < 4.78 is 5.82. The summed E-state index contributed by atoms with van der Waals surface area (Å²) in [6.45, 7) is 0.392. The van der Waals surface area contributed by atoms with E-state index in [-0.39, 0.29) is 44.8 Å². The van der Waals surface area contributed by atoms with E-state index in [1.54, 1.807) is 24.3 Å². The average Bonchev–Trinajstić information content (AvgIpc) is 2.92. The minimum atomic E-state index is -0.409. The molecular weight excluding hydrogens is 488 g/mol. The van der Waals surface area contributed by atoms with Crippen LogP contribution >= 0.6 is 11.8 Å². The summed E-state index contributed by atoms with van der Waals surface area (Å²) in [5.74, 6) is -0.646. The van der Waals surface area contributed by atoms with Crippen molar-refractivity contribution in [2.45, 2.75) is 11.6 Å². The van der Waals surface area contributed by atoms with Crippen molar-refractivity contribution < 1.29 is 19.7 Å². The summed E-state index contributed by atoms with van der Waals surface area (Å²) in [5, 5.41) is 39.0. The largest absolute Gasteiger partial charge is 0.504 e. The molecule has 9 heteroatoms. The number of thioether (sulfide) groups is 1. The lowest BCUT2D eigenvalue weighted by Crippen LogP contribution is -2.06. The molecule has 0 aliphatic carbocycles. The molecule has 1 aromatic heterocycles. The molecule has 0 amide bonds. The van der Waals surface area contributed by atoms with Crippen molar-refractivity contribution in [3.8, 4) is 40.5 Å². The Morgan fingerprint density at radius 1 is 0.946 bits per heavy atom. The van der Waals surface area contributed by atoms with Gasteiger partial charge in [0.15, 0.2) is 17.3 Å². The van der Waals surface area contributed by atoms with E-state index in [0.29, 0.717) is 23.5 Å². The van der Waals surface area contributed by atoms with E-state index < -0.39 is 5.75 Å². The van der Waals surface area contributed by atoms with Gasteiger partial charge in [-0.15, -0.1) is 0 Å². The van der Waals surface area contributed by atoms with Crippen LogP contribution in [0.2, 0.25) is 0 Å². The van der Waals surface area contributed by atoms with Crippen LogP contribution in [0.15, 0.2) is 77.8 Å². The van der Waals surface area contributed by atoms with E-state index in [1.807, 2.05) is 36.4 Å². The van der Waals surface area contributed by atoms with Crippen molar-refractivity contribution >= 4 is 23.4 Å². The van der Waals surface area contributed by atoms with Gasteiger partial charge in [0.1, 0.15) is 40.9 Å². The Labute approximate surface area is 217 Å². The highest BCUT2D eigenvalue weighted by Gasteiger charge is 2.21. The van der Waals surface area contributed by atoms with Crippen LogP contribution in [0.1, 0.15) is 27.0 Å². The van der Waals surface area contributed by atoms with Gasteiger partial charge < -0.3 is 20.7 Å². The van der Waals surface area contributed by atoms with Crippen molar-refractivity contribution in [3.05, 3.63) is 95.1 Å². The molecule has 37 heavy (non-hydrogen) atoms. The van der Waals surface area contributed by atoms with Gasteiger partial charge in [-0.1, -0.05) is 54.2 Å². The third kappa shape index (κ3) is 5.64. The maximum Gasteiger partial charge on any atom is 0.173 e. The zero-order valence-corrected chi connectivity index (χ0v) is 20.2.